The van der Waals surface area contributed by atoms with Crippen LogP contribution in [0.3, 0.4) is 0 Å². The van der Waals surface area contributed by atoms with E-state index in [0.29, 0.717) is 22.0 Å². The summed E-state index contributed by atoms with van der Waals surface area (Å²) in [6.07, 6.45) is 1.50. The minimum atomic E-state index is -3.76. The fourth-order valence-corrected chi connectivity index (χ4v) is 3.65. The SMILES string of the molecule is COc1cccc(/C=N/NC(=O)c2ccc(NS(=O)(=O)c3ccc(Cl)cc3)cc2)c1. The molecule has 0 aliphatic heterocycles. The molecule has 30 heavy (non-hydrogen) atoms. The predicted molar refractivity (Wildman–Crippen MR) is 117 cm³/mol. The Morgan fingerprint density at radius 2 is 1.73 bits per heavy atom. The molecule has 0 aromatic heterocycles. The van der Waals surface area contributed by atoms with Crippen LogP contribution in [0.15, 0.2) is 82.8 Å². The Morgan fingerprint density at radius 1 is 1.03 bits per heavy atom. The van der Waals surface area contributed by atoms with Crippen LogP contribution in [0.2, 0.25) is 5.02 Å². The topological polar surface area (TPSA) is 96.9 Å². The van der Waals surface area contributed by atoms with Crippen molar-refractivity contribution in [3.8, 4) is 5.75 Å². The van der Waals surface area contributed by atoms with Gasteiger partial charge in [-0.05, 0) is 66.2 Å². The van der Waals surface area contributed by atoms with Crippen LogP contribution in [0.5, 0.6) is 5.75 Å². The lowest BCUT2D eigenvalue weighted by Crippen LogP contribution is -2.18. The monoisotopic (exact) mass is 443 g/mol. The minimum Gasteiger partial charge on any atom is -0.497 e. The van der Waals surface area contributed by atoms with Gasteiger partial charge >= 0.3 is 0 Å². The van der Waals surface area contributed by atoms with Gasteiger partial charge in [-0.1, -0.05) is 23.7 Å². The summed E-state index contributed by atoms with van der Waals surface area (Å²) in [7, 11) is -2.19. The molecular weight excluding hydrogens is 426 g/mol. The molecule has 0 aliphatic rings. The highest BCUT2D eigenvalue weighted by atomic mass is 35.5. The van der Waals surface area contributed by atoms with Gasteiger partial charge in [-0.15, -0.1) is 0 Å². The third kappa shape index (κ3) is 5.59. The molecule has 2 N–H and O–H groups in total. The number of rotatable bonds is 7. The van der Waals surface area contributed by atoms with Gasteiger partial charge in [0.05, 0.1) is 18.2 Å². The maximum absolute atomic E-state index is 12.4. The molecule has 0 heterocycles. The van der Waals surface area contributed by atoms with Crippen molar-refractivity contribution in [3.63, 3.8) is 0 Å². The number of methoxy groups -OCH3 is 1. The Morgan fingerprint density at radius 3 is 2.40 bits per heavy atom. The molecule has 0 aliphatic carbocycles. The molecule has 9 heteroatoms. The van der Waals surface area contributed by atoms with Crippen LogP contribution < -0.4 is 14.9 Å². The average molecular weight is 444 g/mol. The Labute approximate surface area is 179 Å². The van der Waals surface area contributed by atoms with Gasteiger partial charge in [0.1, 0.15) is 5.75 Å². The standard InChI is InChI=1S/C21H18ClN3O4S/c1-29-19-4-2-3-15(13-19)14-23-24-21(26)16-5-9-18(10-6-16)25-30(27,28)20-11-7-17(22)8-12-20/h2-14,25H,1H3,(H,24,26)/b23-14+. The zero-order valence-electron chi connectivity index (χ0n) is 15.9. The Kier molecular flexibility index (Phi) is 6.71. The minimum absolute atomic E-state index is 0.0839. The second-order valence-electron chi connectivity index (χ2n) is 6.11. The zero-order valence-corrected chi connectivity index (χ0v) is 17.4. The molecule has 0 bridgehead atoms. The highest BCUT2D eigenvalue weighted by molar-refractivity contribution is 7.92. The number of halogens is 1. The smallest absolute Gasteiger partial charge is 0.271 e. The highest BCUT2D eigenvalue weighted by Crippen LogP contribution is 2.19. The van der Waals surface area contributed by atoms with Crippen LogP contribution in [0.4, 0.5) is 5.69 Å². The maximum Gasteiger partial charge on any atom is 0.271 e. The Balaban J connectivity index is 1.62. The van der Waals surface area contributed by atoms with Crippen molar-refractivity contribution >= 4 is 39.4 Å². The van der Waals surface area contributed by atoms with Crippen LogP contribution in [0, 0.1) is 0 Å². The summed E-state index contributed by atoms with van der Waals surface area (Å²) >= 11 is 5.78. The fourth-order valence-electron chi connectivity index (χ4n) is 2.47. The number of anilines is 1. The molecule has 3 aromatic rings. The molecule has 3 aromatic carbocycles. The predicted octanol–water partition coefficient (Wildman–Crippen LogP) is 3.91. The van der Waals surface area contributed by atoms with Gasteiger partial charge in [0, 0.05) is 16.3 Å². The number of nitrogens with zero attached hydrogens (tertiary/aromatic N) is 1. The molecule has 0 fully saturated rings. The first-order chi connectivity index (χ1) is 14.4. The molecule has 0 radical (unpaired) electrons. The largest absolute Gasteiger partial charge is 0.497 e. The van der Waals surface area contributed by atoms with E-state index in [1.54, 1.807) is 19.2 Å². The lowest BCUT2D eigenvalue weighted by molar-refractivity contribution is 0.0955. The molecule has 1 amide bonds. The van der Waals surface area contributed by atoms with Gasteiger partial charge in [0.25, 0.3) is 15.9 Å². The van der Waals surface area contributed by atoms with E-state index in [4.69, 9.17) is 16.3 Å². The molecule has 0 saturated carbocycles. The van der Waals surface area contributed by atoms with Crippen molar-refractivity contribution in [1.29, 1.82) is 0 Å². The zero-order chi connectivity index (χ0) is 21.6. The van der Waals surface area contributed by atoms with Crippen LogP contribution in [-0.2, 0) is 10.0 Å². The summed E-state index contributed by atoms with van der Waals surface area (Å²) in [6, 6.07) is 19.0. The van der Waals surface area contributed by atoms with Crippen molar-refractivity contribution in [3.05, 3.63) is 88.9 Å². The molecule has 0 spiro atoms. The quantitative estimate of drug-likeness (QED) is 0.427. The van der Waals surface area contributed by atoms with E-state index in [1.807, 2.05) is 12.1 Å². The molecule has 0 saturated heterocycles. The van der Waals surface area contributed by atoms with Gasteiger partial charge < -0.3 is 4.74 Å². The Bertz CT molecular complexity index is 1160. The maximum atomic E-state index is 12.4. The number of benzene rings is 3. The van der Waals surface area contributed by atoms with E-state index in [2.05, 4.69) is 15.2 Å². The van der Waals surface area contributed by atoms with Gasteiger partial charge in [-0.2, -0.15) is 5.10 Å². The summed E-state index contributed by atoms with van der Waals surface area (Å²) in [6.45, 7) is 0. The van der Waals surface area contributed by atoms with E-state index in [1.165, 1.54) is 54.7 Å². The van der Waals surface area contributed by atoms with E-state index < -0.39 is 15.9 Å². The number of carbonyl (C=O) groups excluding carboxylic acids is 1. The molecule has 0 unspecified atom stereocenters. The number of hydrogen-bond acceptors (Lipinski definition) is 5. The van der Waals surface area contributed by atoms with Crippen molar-refractivity contribution in [2.24, 2.45) is 5.10 Å². The molecule has 7 nitrogen and oxygen atoms in total. The number of hydrogen-bond donors (Lipinski definition) is 2. The van der Waals surface area contributed by atoms with E-state index in [9.17, 15) is 13.2 Å². The van der Waals surface area contributed by atoms with Gasteiger partial charge in [-0.3, -0.25) is 9.52 Å². The number of sulfonamides is 1. The normalized spacial score (nSPS) is 11.3. The first-order valence-electron chi connectivity index (χ1n) is 8.73. The van der Waals surface area contributed by atoms with Gasteiger partial charge in [0.2, 0.25) is 0 Å². The van der Waals surface area contributed by atoms with Crippen LogP contribution in [0.1, 0.15) is 15.9 Å². The first kappa shape index (κ1) is 21.4. The average Bonchev–Trinajstić information content (AvgIpc) is 2.74. The van der Waals surface area contributed by atoms with Crippen molar-refractivity contribution < 1.29 is 17.9 Å². The van der Waals surface area contributed by atoms with Gasteiger partial charge in [-0.25, -0.2) is 13.8 Å². The summed E-state index contributed by atoms with van der Waals surface area (Å²) in [5.41, 5.74) is 3.83. The molecule has 3 rings (SSSR count). The number of hydrazone groups is 1. The van der Waals surface area contributed by atoms with Crippen LogP contribution >= 0.6 is 11.6 Å². The molecular formula is C21H18ClN3O4S. The summed E-state index contributed by atoms with van der Waals surface area (Å²) in [5, 5.41) is 4.36. The van der Waals surface area contributed by atoms with E-state index in [-0.39, 0.29) is 4.90 Å². The third-order valence-corrected chi connectivity index (χ3v) is 5.65. The second-order valence-corrected chi connectivity index (χ2v) is 8.23. The van der Waals surface area contributed by atoms with Crippen molar-refractivity contribution in [2.45, 2.75) is 4.90 Å². The van der Waals surface area contributed by atoms with Crippen LogP contribution in [0.25, 0.3) is 0 Å². The summed E-state index contributed by atoms with van der Waals surface area (Å²) in [4.78, 5) is 12.3. The number of ether oxygens (including phenoxy) is 1. The highest BCUT2D eigenvalue weighted by Gasteiger charge is 2.14. The van der Waals surface area contributed by atoms with Crippen LogP contribution in [-0.4, -0.2) is 27.6 Å². The third-order valence-electron chi connectivity index (χ3n) is 4.00. The second kappa shape index (κ2) is 9.43. The summed E-state index contributed by atoms with van der Waals surface area (Å²) in [5.74, 6) is 0.253. The van der Waals surface area contributed by atoms with Crippen molar-refractivity contribution in [2.75, 3.05) is 11.8 Å². The van der Waals surface area contributed by atoms with E-state index >= 15 is 0 Å². The first-order valence-corrected chi connectivity index (χ1v) is 10.6. The van der Waals surface area contributed by atoms with E-state index in [0.717, 1.165) is 5.56 Å². The molecule has 154 valence electrons. The lowest BCUT2D eigenvalue weighted by Gasteiger charge is -2.09. The number of nitrogens with one attached hydrogen (secondary N) is 2. The van der Waals surface area contributed by atoms with Crippen molar-refractivity contribution in [1.82, 2.24) is 5.43 Å². The van der Waals surface area contributed by atoms with Gasteiger partial charge in [0.15, 0.2) is 0 Å². The number of carbonyl (C=O) groups is 1. The lowest BCUT2D eigenvalue weighted by atomic mass is 10.2. The number of amides is 1. The molecule has 0 atom stereocenters. The Hall–Kier alpha value is -3.36. The fraction of sp³-hybridized carbons (Fsp3) is 0.0476. The summed E-state index contributed by atoms with van der Waals surface area (Å²) < 4.78 is 32.4.